The van der Waals surface area contributed by atoms with Crippen molar-refractivity contribution in [3.8, 4) is 5.88 Å². The van der Waals surface area contributed by atoms with Crippen molar-refractivity contribution in [2.75, 3.05) is 20.3 Å². The van der Waals surface area contributed by atoms with E-state index in [4.69, 9.17) is 14.6 Å². The number of hydrogen-bond acceptors (Lipinski definition) is 5. The molecule has 106 valence electrons. The Labute approximate surface area is 113 Å². The van der Waals surface area contributed by atoms with E-state index < -0.39 is 5.41 Å². The van der Waals surface area contributed by atoms with Gasteiger partial charge in [0.15, 0.2) is 0 Å². The van der Waals surface area contributed by atoms with E-state index in [0.29, 0.717) is 12.3 Å². The molecule has 1 aromatic heterocycles. The van der Waals surface area contributed by atoms with Gasteiger partial charge < -0.3 is 14.6 Å². The molecule has 0 aromatic carbocycles. The number of ether oxygens (including phenoxy) is 2. The number of rotatable bonds is 7. The summed E-state index contributed by atoms with van der Waals surface area (Å²) < 4.78 is 10.3. The fourth-order valence-electron chi connectivity index (χ4n) is 1.56. The third kappa shape index (κ3) is 4.87. The van der Waals surface area contributed by atoms with E-state index >= 15 is 0 Å². The summed E-state index contributed by atoms with van der Waals surface area (Å²) in [6, 6.07) is 3.71. The molecule has 0 atom stereocenters. The Hall–Kier alpha value is -1.62. The predicted octanol–water partition coefficient (Wildman–Crippen LogP) is 1.58. The normalized spacial score (nSPS) is 11.2. The zero-order chi connectivity index (χ0) is 14.3. The van der Waals surface area contributed by atoms with Gasteiger partial charge in [-0.05, 0) is 38.3 Å². The number of aromatic nitrogens is 1. The lowest BCUT2D eigenvalue weighted by Crippen LogP contribution is -2.32. The van der Waals surface area contributed by atoms with Crippen LogP contribution < -0.4 is 4.74 Å². The summed E-state index contributed by atoms with van der Waals surface area (Å²) in [5, 5.41) is 8.80. The number of aliphatic hydroxyl groups excluding tert-OH is 1. The Morgan fingerprint density at radius 3 is 2.84 bits per heavy atom. The van der Waals surface area contributed by atoms with Crippen molar-refractivity contribution in [3.63, 3.8) is 0 Å². The third-order valence-corrected chi connectivity index (χ3v) is 2.74. The van der Waals surface area contributed by atoms with Crippen molar-refractivity contribution < 1.29 is 19.4 Å². The average molecular weight is 267 g/mol. The summed E-state index contributed by atoms with van der Waals surface area (Å²) >= 11 is 0. The van der Waals surface area contributed by atoms with Crippen molar-refractivity contribution in [1.82, 2.24) is 4.98 Å². The quantitative estimate of drug-likeness (QED) is 0.760. The molecule has 1 aromatic rings. The molecule has 0 spiro atoms. The first kappa shape index (κ1) is 15.4. The minimum atomic E-state index is -0.711. The zero-order valence-corrected chi connectivity index (χ0v) is 11.7. The molecule has 0 unspecified atom stereocenters. The van der Waals surface area contributed by atoms with E-state index in [1.807, 2.05) is 12.1 Å². The van der Waals surface area contributed by atoms with Crippen LogP contribution in [0.25, 0.3) is 0 Å². The summed E-state index contributed by atoms with van der Waals surface area (Å²) in [5.74, 6) is 0.163. The Bertz CT molecular complexity index is 418. The van der Waals surface area contributed by atoms with Gasteiger partial charge in [0.05, 0.1) is 12.5 Å². The Morgan fingerprint density at radius 2 is 2.21 bits per heavy atom. The molecular weight excluding hydrogens is 246 g/mol. The molecular formula is C14H21NO4. The van der Waals surface area contributed by atoms with E-state index in [1.165, 1.54) is 7.11 Å². The molecule has 0 saturated heterocycles. The summed E-state index contributed by atoms with van der Waals surface area (Å²) in [5.41, 5.74) is 0.340. The molecule has 0 aliphatic heterocycles. The maximum Gasteiger partial charge on any atom is 0.314 e. The van der Waals surface area contributed by atoms with Gasteiger partial charge >= 0.3 is 5.97 Å². The number of aliphatic hydroxyl groups is 1. The molecule has 5 nitrogen and oxygen atoms in total. The predicted molar refractivity (Wildman–Crippen MR) is 70.9 cm³/mol. The van der Waals surface area contributed by atoms with E-state index in [0.717, 1.165) is 12.0 Å². The van der Waals surface area contributed by atoms with Gasteiger partial charge in [-0.25, -0.2) is 4.98 Å². The van der Waals surface area contributed by atoms with Crippen molar-refractivity contribution in [2.24, 2.45) is 5.41 Å². The highest BCUT2D eigenvalue weighted by atomic mass is 16.5. The van der Waals surface area contributed by atoms with Crippen LogP contribution in [0.5, 0.6) is 5.88 Å². The number of methoxy groups -OCH3 is 1. The largest absolute Gasteiger partial charge is 0.476 e. The van der Waals surface area contributed by atoms with Crippen LogP contribution in [0.1, 0.15) is 25.8 Å². The van der Waals surface area contributed by atoms with Crippen LogP contribution in [-0.4, -0.2) is 36.4 Å². The van der Waals surface area contributed by atoms with E-state index in [-0.39, 0.29) is 19.2 Å². The maximum atomic E-state index is 11.5. The van der Waals surface area contributed by atoms with Crippen LogP contribution in [0.3, 0.4) is 0 Å². The number of esters is 1. The number of carbonyl (C=O) groups excluding carboxylic acids is 1. The van der Waals surface area contributed by atoms with Crippen molar-refractivity contribution in [2.45, 2.75) is 26.7 Å². The van der Waals surface area contributed by atoms with Crippen LogP contribution >= 0.6 is 0 Å². The summed E-state index contributed by atoms with van der Waals surface area (Å²) in [7, 11) is 1.36. The highest BCUT2D eigenvalue weighted by molar-refractivity contribution is 5.75. The molecule has 0 aliphatic carbocycles. The Kier molecular flexibility index (Phi) is 5.76. The molecule has 0 bridgehead atoms. The molecule has 0 radical (unpaired) electrons. The SMILES string of the molecule is COC(=O)C(C)(C)COc1cc(CCCO)ccn1. The van der Waals surface area contributed by atoms with E-state index in [9.17, 15) is 4.79 Å². The van der Waals surface area contributed by atoms with Crippen molar-refractivity contribution in [1.29, 1.82) is 0 Å². The number of aryl methyl sites for hydroxylation is 1. The molecule has 1 rings (SSSR count). The fourth-order valence-corrected chi connectivity index (χ4v) is 1.56. The second-order valence-corrected chi connectivity index (χ2v) is 4.99. The van der Waals surface area contributed by atoms with Crippen LogP contribution in [0.4, 0.5) is 0 Å². The van der Waals surface area contributed by atoms with Gasteiger partial charge in [-0.2, -0.15) is 0 Å². The van der Waals surface area contributed by atoms with Gasteiger partial charge in [0.25, 0.3) is 0 Å². The van der Waals surface area contributed by atoms with E-state index in [2.05, 4.69) is 4.98 Å². The van der Waals surface area contributed by atoms with Crippen LogP contribution in [0.15, 0.2) is 18.3 Å². The van der Waals surface area contributed by atoms with Gasteiger partial charge in [-0.1, -0.05) is 0 Å². The third-order valence-electron chi connectivity index (χ3n) is 2.74. The molecule has 0 saturated carbocycles. The lowest BCUT2D eigenvalue weighted by molar-refractivity contribution is -0.152. The smallest absolute Gasteiger partial charge is 0.314 e. The topological polar surface area (TPSA) is 68.7 Å². The monoisotopic (exact) mass is 267 g/mol. The first-order chi connectivity index (χ1) is 8.99. The standard InChI is InChI=1S/C14H21NO4/c1-14(2,13(17)18-3)10-19-12-9-11(5-4-8-16)6-7-15-12/h6-7,9,16H,4-5,8,10H2,1-3H3. The fraction of sp³-hybridized carbons (Fsp3) is 0.571. The Balaban J connectivity index is 2.60. The number of pyridine rings is 1. The van der Waals surface area contributed by atoms with Crippen molar-refractivity contribution in [3.05, 3.63) is 23.9 Å². The Morgan fingerprint density at radius 1 is 1.47 bits per heavy atom. The zero-order valence-electron chi connectivity index (χ0n) is 11.7. The lowest BCUT2D eigenvalue weighted by atomic mass is 9.95. The highest BCUT2D eigenvalue weighted by Crippen LogP contribution is 2.19. The average Bonchev–Trinajstić information content (AvgIpc) is 2.42. The molecule has 1 heterocycles. The van der Waals surface area contributed by atoms with Crippen LogP contribution in [0.2, 0.25) is 0 Å². The summed E-state index contributed by atoms with van der Waals surface area (Å²) in [6.45, 7) is 3.88. The second-order valence-electron chi connectivity index (χ2n) is 4.99. The summed E-state index contributed by atoms with van der Waals surface area (Å²) in [4.78, 5) is 15.6. The number of nitrogens with zero attached hydrogens (tertiary/aromatic N) is 1. The highest BCUT2D eigenvalue weighted by Gasteiger charge is 2.29. The molecule has 5 heteroatoms. The maximum absolute atomic E-state index is 11.5. The van der Waals surface area contributed by atoms with Gasteiger partial charge in [0, 0.05) is 18.9 Å². The minimum Gasteiger partial charge on any atom is -0.476 e. The molecule has 0 amide bonds. The van der Waals surface area contributed by atoms with Crippen LogP contribution in [0, 0.1) is 5.41 Å². The second kappa shape index (κ2) is 7.09. The first-order valence-corrected chi connectivity index (χ1v) is 6.26. The van der Waals surface area contributed by atoms with Crippen molar-refractivity contribution >= 4 is 5.97 Å². The summed E-state index contributed by atoms with van der Waals surface area (Å²) in [6.07, 6.45) is 3.14. The molecule has 1 N–H and O–H groups in total. The van der Waals surface area contributed by atoms with Gasteiger partial charge in [0.2, 0.25) is 5.88 Å². The molecule has 0 aliphatic rings. The lowest BCUT2D eigenvalue weighted by Gasteiger charge is -2.21. The minimum absolute atomic E-state index is 0.161. The van der Waals surface area contributed by atoms with Crippen LogP contribution in [-0.2, 0) is 16.0 Å². The molecule has 0 fully saturated rings. The van der Waals surface area contributed by atoms with Gasteiger partial charge in [-0.15, -0.1) is 0 Å². The molecule has 19 heavy (non-hydrogen) atoms. The first-order valence-electron chi connectivity index (χ1n) is 6.26. The van der Waals surface area contributed by atoms with Gasteiger partial charge in [-0.3, -0.25) is 4.79 Å². The number of hydrogen-bond donors (Lipinski definition) is 1. The number of carbonyl (C=O) groups is 1. The van der Waals surface area contributed by atoms with E-state index in [1.54, 1.807) is 20.0 Å². The van der Waals surface area contributed by atoms with Gasteiger partial charge in [0.1, 0.15) is 6.61 Å².